The van der Waals surface area contributed by atoms with E-state index in [0.717, 1.165) is 10.0 Å². The number of fused-ring (bicyclic) bond motifs is 1. The van der Waals surface area contributed by atoms with Crippen LogP contribution >= 0.6 is 15.9 Å². The van der Waals surface area contributed by atoms with E-state index in [1.54, 1.807) is 30.3 Å². The molecule has 1 aromatic heterocycles. The van der Waals surface area contributed by atoms with Gasteiger partial charge in [-0.05, 0) is 24.3 Å². The molecule has 0 unspecified atom stereocenters. The first-order valence-electron chi connectivity index (χ1n) is 10.8. The first-order valence-corrected chi connectivity index (χ1v) is 11.5. The highest BCUT2D eigenvalue weighted by atomic mass is 79.9. The molecule has 2 aliphatic rings. The van der Waals surface area contributed by atoms with Crippen LogP contribution in [0.4, 0.5) is 5.82 Å². The number of aliphatic hydroxyl groups is 2. The van der Waals surface area contributed by atoms with Crippen LogP contribution in [0.15, 0.2) is 76.1 Å². The Bertz CT molecular complexity index is 1270. The molecular formula is C24H22BrN3O6. The fourth-order valence-corrected chi connectivity index (χ4v) is 5.25. The van der Waals surface area contributed by atoms with E-state index in [4.69, 9.17) is 9.47 Å². The van der Waals surface area contributed by atoms with Crippen molar-refractivity contribution in [1.29, 1.82) is 0 Å². The van der Waals surface area contributed by atoms with Crippen molar-refractivity contribution in [1.82, 2.24) is 9.55 Å². The van der Waals surface area contributed by atoms with Gasteiger partial charge in [-0.15, -0.1) is 0 Å². The summed E-state index contributed by atoms with van der Waals surface area (Å²) in [6.45, 7) is -0.366. The molecule has 3 N–H and O–H groups in total. The summed E-state index contributed by atoms with van der Waals surface area (Å²) in [6, 6.07) is 17.5. The number of rotatable bonds is 5. The van der Waals surface area contributed by atoms with Crippen molar-refractivity contribution in [2.24, 2.45) is 0 Å². The summed E-state index contributed by atoms with van der Waals surface area (Å²) in [4.78, 5) is 29.2. The molecule has 0 radical (unpaired) electrons. The zero-order valence-electron chi connectivity index (χ0n) is 17.9. The molecule has 3 aromatic rings. The summed E-state index contributed by atoms with van der Waals surface area (Å²) in [5.41, 5.74) is -0.492. The molecule has 176 valence electrons. The zero-order chi connectivity index (χ0) is 23.9. The highest BCUT2D eigenvalue weighted by molar-refractivity contribution is 9.10. The molecule has 0 bridgehead atoms. The Kier molecular flexibility index (Phi) is 6.09. The number of benzene rings is 2. The van der Waals surface area contributed by atoms with Crippen molar-refractivity contribution in [3.8, 4) is 0 Å². The molecule has 2 aromatic carbocycles. The third kappa shape index (κ3) is 3.87. The molecule has 3 heterocycles. The molecule has 5 rings (SSSR count). The molecular weight excluding hydrogens is 506 g/mol. The Hall–Kier alpha value is -2.89. The predicted molar refractivity (Wildman–Crippen MR) is 125 cm³/mol. The lowest BCUT2D eigenvalue weighted by molar-refractivity contribution is -0.0812. The van der Waals surface area contributed by atoms with E-state index in [1.165, 1.54) is 16.8 Å². The van der Waals surface area contributed by atoms with Crippen molar-refractivity contribution < 1.29 is 24.5 Å². The van der Waals surface area contributed by atoms with Crippen LogP contribution in [0.25, 0.3) is 0 Å². The van der Waals surface area contributed by atoms with E-state index in [1.807, 2.05) is 24.3 Å². The summed E-state index contributed by atoms with van der Waals surface area (Å²) in [6.07, 6.45) is -1.78. The molecule has 5 atom stereocenters. The van der Waals surface area contributed by atoms with Gasteiger partial charge in [-0.1, -0.05) is 52.3 Å². The third-order valence-electron chi connectivity index (χ3n) is 6.22. The minimum atomic E-state index is -1.09. The highest BCUT2D eigenvalue weighted by Gasteiger charge is 2.62. The van der Waals surface area contributed by atoms with Gasteiger partial charge in [-0.3, -0.25) is 9.36 Å². The Labute approximate surface area is 203 Å². The van der Waals surface area contributed by atoms with Crippen molar-refractivity contribution in [2.45, 2.75) is 36.6 Å². The summed E-state index contributed by atoms with van der Waals surface area (Å²) < 4.78 is 14.4. The average Bonchev–Trinajstić information content (AvgIpc) is 3.34. The smallest absolute Gasteiger partial charge is 0.351 e. The predicted octanol–water partition coefficient (Wildman–Crippen LogP) is 2.19. The maximum absolute atomic E-state index is 12.8. The normalized spacial score (nSPS) is 28.0. The number of hydrogen-bond donors (Lipinski definition) is 3. The second-order valence-corrected chi connectivity index (χ2v) is 9.09. The molecule has 1 amide bonds. The maximum atomic E-state index is 12.8. The summed E-state index contributed by atoms with van der Waals surface area (Å²) in [5, 5.41) is 23.1. The van der Waals surface area contributed by atoms with Crippen LogP contribution in [0.1, 0.15) is 28.6 Å². The Morgan fingerprint density at radius 1 is 1.18 bits per heavy atom. The van der Waals surface area contributed by atoms with E-state index in [9.17, 15) is 19.8 Å². The molecule has 0 saturated carbocycles. The molecule has 2 saturated heterocycles. The number of aromatic nitrogens is 2. The molecule has 0 aliphatic carbocycles. The molecule has 0 spiro atoms. The van der Waals surface area contributed by atoms with Gasteiger partial charge in [0.25, 0.3) is 5.91 Å². The second-order valence-electron chi connectivity index (χ2n) is 8.24. The van der Waals surface area contributed by atoms with Crippen LogP contribution in [0.5, 0.6) is 0 Å². The third-order valence-corrected chi connectivity index (χ3v) is 6.91. The molecule has 10 heteroatoms. The number of hydrogen-bond acceptors (Lipinski definition) is 7. The minimum Gasteiger partial charge on any atom is -0.394 e. The SMILES string of the molecule is O=C(Nc1ccn([C@@H]2C[C@@]3(c4ccccc4Br)O[C@H](CO)[C@@H](O)[C@H]3O2)c(=O)n1)c1ccccc1. The van der Waals surface area contributed by atoms with Crippen LogP contribution in [0, 0.1) is 0 Å². The van der Waals surface area contributed by atoms with E-state index in [2.05, 4.69) is 26.2 Å². The number of halogens is 1. The first-order chi connectivity index (χ1) is 16.4. The number of ether oxygens (including phenoxy) is 2. The number of nitrogens with zero attached hydrogens (tertiary/aromatic N) is 2. The van der Waals surface area contributed by atoms with Crippen LogP contribution < -0.4 is 11.0 Å². The average molecular weight is 528 g/mol. The lowest BCUT2D eigenvalue weighted by atomic mass is 9.86. The van der Waals surface area contributed by atoms with Gasteiger partial charge in [-0.25, -0.2) is 4.79 Å². The van der Waals surface area contributed by atoms with Crippen LogP contribution in [-0.2, 0) is 15.1 Å². The molecule has 34 heavy (non-hydrogen) atoms. The van der Waals surface area contributed by atoms with E-state index in [-0.39, 0.29) is 24.8 Å². The standard InChI is InChI=1S/C24H22BrN3O6/c25-16-9-5-4-8-15(16)24-12-19(33-21(24)20(30)17(13-29)34-24)28-11-10-18(27-23(28)32)26-22(31)14-6-2-1-3-7-14/h1-11,17,19-21,29-30H,12-13H2,(H,26,27,31,32)/t17-,19+,20-,21-,24+/m1/s1. The molecule has 9 nitrogen and oxygen atoms in total. The van der Waals surface area contributed by atoms with Crippen LogP contribution in [-0.4, -0.2) is 50.6 Å². The van der Waals surface area contributed by atoms with Crippen LogP contribution in [0.3, 0.4) is 0 Å². The number of aliphatic hydroxyl groups excluding tert-OH is 2. The van der Waals surface area contributed by atoms with Crippen molar-refractivity contribution in [2.75, 3.05) is 11.9 Å². The quantitative estimate of drug-likeness (QED) is 0.464. The van der Waals surface area contributed by atoms with Gasteiger partial charge < -0.3 is 25.0 Å². The van der Waals surface area contributed by atoms with Gasteiger partial charge in [0.2, 0.25) is 0 Å². The van der Waals surface area contributed by atoms with Crippen molar-refractivity contribution in [3.05, 3.63) is 92.9 Å². The summed E-state index contributed by atoms with van der Waals surface area (Å²) in [5.74, 6) is -0.262. The monoisotopic (exact) mass is 527 g/mol. The number of carbonyl (C=O) groups is 1. The molecule has 2 aliphatic heterocycles. The fraction of sp³-hybridized carbons (Fsp3) is 0.292. The summed E-state index contributed by atoms with van der Waals surface area (Å²) in [7, 11) is 0. The van der Waals surface area contributed by atoms with Gasteiger partial charge in [-0.2, -0.15) is 4.98 Å². The maximum Gasteiger partial charge on any atom is 0.351 e. The highest BCUT2D eigenvalue weighted by Crippen LogP contribution is 2.54. The van der Waals surface area contributed by atoms with Gasteiger partial charge in [0, 0.05) is 28.2 Å². The minimum absolute atomic E-state index is 0.116. The summed E-state index contributed by atoms with van der Waals surface area (Å²) >= 11 is 3.54. The number of amides is 1. The first kappa shape index (κ1) is 22.9. The Morgan fingerprint density at radius 3 is 2.62 bits per heavy atom. The molecule has 2 fully saturated rings. The number of carbonyl (C=O) groups excluding carboxylic acids is 1. The van der Waals surface area contributed by atoms with Gasteiger partial charge in [0.1, 0.15) is 36.0 Å². The Balaban J connectivity index is 1.43. The van der Waals surface area contributed by atoms with E-state index < -0.39 is 35.8 Å². The largest absolute Gasteiger partial charge is 0.394 e. The van der Waals surface area contributed by atoms with Gasteiger partial charge in [0.05, 0.1) is 6.61 Å². The number of anilines is 1. The van der Waals surface area contributed by atoms with E-state index >= 15 is 0 Å². The van der Waals surface area contributed by atoms with Crippen molar-refractivity contribution >= 4 is 27.7 Å². The topological polar surface area (TPSA) is 123 Å². The lowest BCUT2D eigenvalue weighted by Crippen LogP contribution is -2.37. The Morgan fingerprint density at radius 2 is 1.91 bits per heavy atom. The zero-order valence-corrected chi connectivity index (χ0v) is 19.5. The number of nitrogens with one attached hydrogen (secondary N) is 1. The van der Waals surface area contributed by atoms with Crippen LogP contribution in [0.2, 0.25) is 0 Å². The van der Waals surface area contributed by atoms with Crippen molar-refractivity contribution in [3.63, 3.8) is 0 Å². The fourth-order valence-electron chi connectivity index (χ4n) is 4.63. The van der Waals surface area contributed by atoms with E-state index in [0.29, 0.717) is 5.56 Å². The lowest BCUT2D eigenvalue weighted by Gasteiger charge is -2.29. The van der Waals surface area contributed by atoms with Gasteiger partial charge in [0.15, 0.2) is 0 Å². The second kappa shape index (κ2) is 9.05. The van der Waals surface area contributed by atoms with Gasteiger partial charge >= 0.3 is 5.69 Å².